The fourth-order valence-corrected chi connectivity index (χ4v) is 3.89. The van der Waals surface area contributed by atoms with Crippen LogP contribution in [0.4, 0.5) is 4.79 Å². The molecule has 2 N–H and O–H groups in total. The van der Waals surface area contributed by atoms with Crippen molar-refractivity contribution < 1.29 is 4.79 Å². The molecule has 1 aromatic carbocycles. The predicted octanol–water partition coefficient (Wildman–Crippen LogP) is 0.127. The van der Waals surface area contributed by atoms with Crippen molar-refractivity contribution in [3.63, 3.8) is 0 Å². The van der Waals surface area contributed by atoms with Crippen molar-refractivity contribution in [3.05, 3.63) is 30.3 Å². The summed E-state index contributed by atoms with van der Waals surface area (Å²) in [6.07, 6.45) is 1.10. The van der Waals surface area contributed by atoms with E-state index in [-0.39, 0.29) is 6.03 Å². The van der Waals surface area contributed by atoms with Gasteiger partial charge in [0.25, 0.3) is 0 Å². The van der Waals surface area contributed by atoms with E-state index in [0.29, 0.717) is 19.9 Å². The molecule has 1 aromatic rings. The van der Waals surface area contributed by atoms with Gasteiger partial charge in [0.1, 0.15) is 0 Å². The third kappa shape index (κ3) is 1.91. The summed E-state index contributed by atoms with van der Waals surface area (Å²) < 4.78 is 1.33. The Labute approximate surface area is 89.4 Å². The van der Waals surface area contributed by atoms with Crippen molar-refractivity contribution in [2.24, 2.45) is 5.73 Å². The number of hydrogen-bond donors (Lipinski definition) is 1. The van der Waals surface area contributed by atoms with Crippen LogP contribution in [0.1, 0.15) is 6.42 Å². The molecule has 3 nitrogen and oxygen atoms in total. The van der Waals surface area contributed by atoms with Crippen LogP contribution in [0.5, 0.6) is 0 Å². The molecule has 2 amide bonds. The van der Waals surface area contributed by atoms with Crippen LogP contribution in [0.25, 0.3) is 0 Å². The summed E-state index contributed by atoms with van der Waals surface area (Å²) in [7, 11) is 0. The molecule has 2 rings (SSSR count). The Morgan fingerprint density at radius 2 is 2.14 bits per heavy atom. The van der Waals surface area contributed by atoms with E-state index in [1.165, 1.54) is 4.46 Å². The number of rotatable bonds is 2. The number of likely N-dealkylation sites (tertiary alicyclic amines) is 1. The number of urea groups is 1. The summed E-state index contributed by atoms with van der Waals surface area (Å²) in [5, 5.41) is 0. The maximum absolute atomic E-state index is 10.9. The fraction of sp³-hybridized carbons (Fsp3) is 0.300. The van der Waals surface area contributed by atoms with Gasteiger partial charge in [0.05, 0.1) is 0 Å². The molecule has 1 fully saturated rings. The first-order valence-corrected chi connectivity index (χ1v) is 6.40. The predicted molar refractivity (Wildman–Crippen MR) is 56.5 cm³/mol. The molecule has 1 atom stereocenters. The molecule has 1 aliphatic heterocycles. The second-order valence-corrected chi connectivity index (χ2v) is 5.83. The monoisotopic (exact) mass is 256 g/mol. The molecule has 0 aromatic heterocycles. The third-order valence-corrected chi connectivity index (χ3v) is 5.00. The Balaban J connectivity index is 1.96. The molecule has 1 unspecified atom stereocenters. The molecular formula is C10H12N2OSe. The van der Waals surface area contributed by atoms with Crippen molar-refractivity contribution >= 4 is 25.4 Å². The maximum atomic E-state index is 10.9. The average Bonchev–Trinajstić information content (AvgIpc) is 2.13. The Hall–Kier alpha value is -0.991. The number of hydrogen-bond acceptors (Lipinski definition) is 1. The van der Waals surface area contributed by atoms with E-state index < -0.39 is 0 Å². The zero-order chi connectivity index (χ0) is 9.97. The van der Waals surface area contributed by atoms with Gasteiger partial charge in [-0.3, -0.25) is 0 Å². The van der Waals surface area contributed by atoms with Crippen LogP contribution in [-0.4, -0.2) is 37.4 Å². The van der Waals surface area contributed by atoms with Crippen LogP contribution < -0.4 is 10.2 Å². The van der Waals surface area contributed by atoms with Crippen LogP contribution in [0.15, 0.2) is 30.3 Å². The van der Waals surface area contributed by atoms with Gasteiger partial charge in [-0.25, -0.2) is 0 Å². The van der Waals surface area contributed by atoms with Crippen molar-refractivity contribution in [2.45, 2.75) is 11.4 Å². The molecular weight excluding hydrogens is 243 g/mol. The molecule has 74 valence electrons. The Morgan fingerprint density at radius 1 is 1.43 bits per heavy atom. The summed E-state index contributed by atoms with van der Waals surface area (Å²) >= 11 is 0.342. The van der Waals surface area contributed by atoms with Gasteiger partial charge < -0.3 is 0 Å². The normalized spacial score (nSPS) is 20.3. The van der Waals surface area contributed by atoms with E-state index in [1.54, 1.807) is 4.90 Å². The van der Waals surface area contributed by atoms with Crippen LogP contribution >= 0.6 is 0 Å². The first kappa shape index (κ1) is 9.56. The van der Waals surface area contributed by atoms with Crippen molar-refractivity contribution in [1.29, 1.82) is 0 Å². The molecule has 1 saturated heterocycles. The van der Waals surface area contributed by atoms with Crippen LogP contribution in [0.2, 0.25) is 0 Å². The van der Waals surface area contributed by atoms with Gasteiger partial charge in [-0.15, -0.1) is 0 Å². The van der Waals surface area contributed by atoms with Gasteiger partial charge in [0.15, 0.2) is 0 Å². The minimum absolute atomic E-state index is 0.279. The van der Waals surface area contributed by atoms with E-state index in [9.17, 15) is 4.79 Å². The zero-order valence-corrected chi connectivity index (χ0v) is 9.43. The Kier molecular flexibility index (Phi) is 2.75. The molecule has 1 aliphatic rings. The summed E-state index contributed by atoms with van der Waals surface area (Å²) in [4.78, 5) is 13.1. The third-order valence-electron chi connectivity index (χ3n) is 2.26. The quantitative estimate of drug-likeness (QED) is 0.750. The van der Waals surface area contributed by atoms with Gasteiger partial charge in [0.2, 0.25) is 0 Å². The molecule has 0 aliphatic carbocycles. The second kappa shape index (κ2) is 4.03. The van der Waals surface area contributed by atoms with Crippen molar-refractivity contribution in [3.8, 4) is 0 Å². The summed E-state index contributed by atoms with van der Waals surface area (Å²) in [5.74, 6) is 0. The van der Waals surface area contributed by atoms with Gasteiger partial charge >= 0.3 is 89.1 Å². The fourth-order valence-electron chi connectivity index (χ4n) is 1.39. The molecule has 14 heavy (non-hydrogen) atoms. The summed E-state index contributed by atoms with van der Waals surface area (Å²) in [5.41, 5.74) is 5.24. The number of carbonyl (C=O) groups excluding carboxylic acids is 1. The van der Waals surface area contributed by atoms with E-state index in [1.807, 2.05) is 18.2 Å². The van der Waals surface area contributed by atoms with Crippen molar-refractivity contribution in [2.75, 3.05) is 6.54 Å². The SMILES string of the molecule is NC(=O)N1CCC1[Se]c1ccccc1. The van der Waals surface area contributed by atoms with Gasteiger partial charge in [-0.1, -0.05) is 0 Å². The van der Waals surface area contributed by atoms with Gasteiger partial charge in [0, 0.05) is 0 Å². The van der Waals surface area contributed by atoms with E-state index in [4.69, 9.17) is 5.73 Å². The average molecular weight is 255 g/mol. The Bertz CT molecular complexity index is 328. The number of benzene rings is 1. The first-order chi connectivity index (χ1) is 6.77. The second-order valence-electron chi connectivity index (χ2n) is 3.21. The molecule has 0 saturated carbocycles. The molecule has 1 heterocycles. The Morgan fingerprint density at radius 3 is 2.64 bits per heavy atom. The molecule has 0 bridgehead atoms. The minimum atomic E-state index is -0.279. The number of amides is 2. The van der Waals surface area contributed by atoms with Crippen LogP contribution in [-0.2, 0) is 0 Å². The number of nitrogens with zero attached hydrogens (tertiary/aromatic N) is 1. The van der Waals surface area contributed by atoms with E-state index in [0.717, 1.165) is 13.0 Å². The van der Waals surface area contributed by atoms with Crippen LogP contribution in [0.3, 0.4) is 0 Å². The first-order valence-electron chi connectivity index (χ1n) is 4.55. The van der Waals surface area contributed by atoms with E-state index >= 15 is 0 Å². The summed E-state index contributed by atoms with van der Waals surface area (Å²) in [6, 6.07) is 10.0. The van der Waals surface area contributed by atoms with Gasteiger partial charge in [-0.2, -0.15) is 0 Å². The number of primary amides is 1. The van der Waals surface area contributed by atoms with E-state index in [2.05, 4.69) is 12.1 Å². The zero-order valence-electron chi connectivity index (χ0n) is 7.72. The topological polar surface area (TPSA) is 46.3 Å². The standard InChI is InChI=1S/C10H12N2OSe/c11-10(13)12-7-6-9(12)14-8-4-2-1-3-5-8/h1-5,9H,6-7H2,(H2,11,13). The molecule has 0 spiro atoms. The molecule has 0 radical (unpaired) electrons. The van der Waals surface area contributed by atoms with Crippen LogP contribution in [0, 0.1) is 0 Å². The summed E-state index contributed by atoms with van der Waals surface area (Å²) in [6.45, 7) is 0.828. The van der Waals surface area contributed by atoms with Crippen molar-refractivity contribution in [1.82, 2.24) is 4.90 Å². The number of nitrogens with two attached hydrogens (primary N) is 1. The van der Waals surface area contributed by atoms with Gasteiger partial charge in [-0.05, 0) is 0 Å². The molecule has 4 heteroatoms. The number of carbonyl (C=O) groups is 1.